The Balaban J connectivity index is 1.98. The molecule has 1 fully saturated rings. The van der Waals surface area contributed by atoms with Crippen molar-refractivity contribution in [2.45, 2.75) is 6.42 Å². The number of methoxy groups -OCH3 is 2. The summed E-state index contributed by atoms with van der Waals surface area (Å²) in [6, 6.07) is 5.15. The Morgan fingerprint density at radius 3 is 2.64 bits per heavy atom. The van der Waals surface area contributed by atoms with Crippen LogP contribution in [-0.4, -0.2) is 32.6 Å². The van der Waals surface area contributed by atoms with E-state index in [-0.39, 0.29) is 23.7 Å². The average Bonchev–Trinajstić information content (AvgIpc) is 3.33. The highest BCUT2D eigenvalue weighted by molar-refractivity contribution is 6.00. The van der Waals surface area contributed by atoms with Crippen molar-refractivity contribution in [2.24, 2.45) is 11.8 Å². The van der Waals surface area contributed by atoms with Crippen LogP contribution in [0, 0.1) is 11.8 Å². The number of carbonyl (C=O) groups is 2. The van der Waals surface area contributed by atoms with Crippen molar-refractivity contribution in [1.29, 1.82) is 0 Å². The van der Waals surface area contributed by atoms with Crippen LogP contribution in [0.25, 0.3) is 0 Å². The van der Waals surface area contributed by atoms with E-state index in [2.05, 4.69) is 17.2 Å². The monoisotopic (exact) mass is 304 g/mol. The minimum absolute atomic E-state index is 0.113. The molecule has 2 amide bonds. The van der Waals surface area contributed by atoms with E-state index < -0.39 is 0 Å². The first-order valence-electron chi connectivity index (χ1n) is 7.02. The molecule has 1 aromatic rings. The minimum Gasteiger partial charge on any atom is -0.497 e. The zero-order valence-electron chi connectivity index (χ0n) is 12.7. The lowest BCUT2D eigenvalue weighted by atomic mass is 10.2. The van der Waals surface area contributed by atoms with E-state index in [0.29, 0.717) is 30.2 Å². The van der Waals surface area contributed by atoms with E-state index in [9.17, 15) is 9.59 Å². The summed E-state index contributed by atoms with van der Waals surface area (Å²) in [6.45, 7) is 3.95. The summed E-state index contributed by atoms with van der Waals surface area (Å²) < 4.78 is 10.3. The number of benzene rings is 1. The van der Waals surface area contributed by atoms with Gasteiger partial charge in [0.05, 0.1) is 31.7 Å². The van der Waals surface area contributed by atoms with Crippen LogP contribution in [0.2, 0.25) is 0 Å². The highest BCUT2D eigenvalue weighted by Gasteiger charge is 2.47. The first-order chi connectivity index (χ1) is 10.6. The van der Waals surface area contributed by atoms with Crippen molar-refractivity contribution < 1.29 is 19.1 Å². The molecule has 0 radical (unpaired) electrons. The molecule has 22 heavy (non-hydrogen) atoms. The number of ether oxygens (including phenoxy) is 2. The molecule has 118 valence electrons. The molecule has 2 N–H and O–H groups in total. The molecule has 1 aliphatic rings. The van der Waals surface area contributed by atoms with Crippen LogP contribution in [-0.2, 0) is 9.59 Å². The number of anilines is 1. The van der Waals surface area contributed by atoms with Crippen LogP contribution < -0.4 is 20.1 Å². The van der Waals surface area contributed by atoms with Gasteiger partial charge >= 0.3 is 0 Å². The van der Waals surface area contributed by atoms with Gasteiger partial charge in [-0.1, -0.05) is 6.08 Å². The third-order valence-electron chi connectivity index (χ3n) is 3.55. The fourth-order valence-corrected chi connectivity index (χ4v) is 2.22. The molecule has 0 spiro atoms. The fourth-order valence-electron chi connectivity index (χ4n) is 2.22. The predicted octanol–water partition coefficient (Wildman–Crippen LogP) is 1.58. The molecule has 6 heteroatoms. The molecule has 6 nitrogen and oxygen atoms in total. The molecule has 0 bridgehead atoms. The summed E-state index contributed by atoms with van der Waals surface area (Å²) in [5.41, 5.74) is 0.531. The van der Waals surface area contributed by atoms with Crippen molar-refractivity contribution in [2.75, 3.05) is 26.1 Å². The van der Waals surface area contributed by atoms with E-state index in [1.54, 1.807) is 31.4 Å². The van der Waals surface area contributed by atoms with Crippen molar-refractivity contribution >= 4 is 17.5 Å². The number of hydrogen-bond donors (Lipinski definition) is 2. The summed E-state index contributed by atoms with van der Waals surface area (Å²) in [5, 5.41) is 5.50. The maximum atomic E-state index is 12.2. The van der Waals surface area contributed by atoms with Gasteiger partial charge in [-0.25, -0.2) is 0 Å². The number of nitrogens with one attached hydrogen (secondary N) is 2. The Labute approximate surface area is 129 Å². The number of rotatable bonds is 7. The molecule has 1 aliphatic carbocycles. The van der Waals surface area contributed by atoms with Crippen LogP contribution in [0.15, 0.2) is 30.9 Å². The molecule has 2 rings (SSSR count). The molecule has 0 aromatic heterocycles. The average molecular weight is 304 g/mol. The van der Waals surface area contributed by atoms with Crippen LogP contribution in [0.1, 0.15) is 6.42 Å². The third-order valence-corrected chi connectivity index (χ3v) is 3.55. The zero-order chi connectivity index (χ0) is 16.1. The van der Waals surface area contributed by atoms with Gasteiger partial charge in [0, 0.05) is 12.6 Å². The van der Waals surface area contributed by atoms with Crippen LogP contribution >= 0.6 is 0 Å². The molecule has 0 heterocycles. The lowest BCUT2D eigenvalue weighted by Gasteiger charge is -2.11. The van der Waals surface area contributed by atoms with Gasteiger partial charge in [-0.3, -0.25) is 9.59 Å². The molecule has 0 saturated heterocycles. The normalized spacial score (nSPS) is 19.0. The molecule has 1 saturated carbocycles. The molecular weight excluding hydrogens is 284 g/mol. The van der Waals surface area contributed by atoms with Crippen molar-refractivity contribution in [1.82, 2.24) is 5.32 Å². The Hall–Kier alpha value is -2.50. The van der Waals surface area contributed by atoms with Gasteiger partial charge in [0.1, 0.15) is 11.5 Å². The van der Waals surface area contributed by atoms with Gasteiger partial charge in [0.25, 0.3) is 0 Å². The van der Waals surface area contributed by atoms with Gasteiger partial charge in [0.15, 0.2) is 0 Å². The van der Waals surface area contributed by atoms with E-state index in [4.69, 9.17) is 9.47 Å². The molecule has 0 aliphatic heterocycles. The lowest BCUT2D eigenvalue weighted by Crippen LogP contribution is -2.27. The van der Waals surface area contributed by atoms with Gasteiger partial charge in [-0.2, -0.15) is 0 Å². The van der Waals surface area contributed by atoms with E-state index in [1.807, 2.05) is 0 Å². The third kappa shape index (κ3) is 3.58. The molecule has 2 atom stereocenters. The largest absolute Gasteiger partial charge is 0.497 e. The Kier molecular flexibility index (Phi) is 5.04. The van der Waals surface area contributed by atoms with Crippen LogP contribution in [0.5, 0.6) is 11.5 Å². The maximum absolute atomic E-state index is 12.2. The Bertz CT molecular complexity index is 586. The topological polar surface area (TPSA) is 76.7 Å². The number of hydrogen-bond acceptors (Lipinski definition) is 4. The molecule has 1 aromatic carbocycles. The van der Waals surface area contributed by atoms with Crippen LogP contribution in [0.3, 0.4) is 0 Å². The number of carbonyl (C=O) groups excluding carboxylic acids is 2. The SMILES string of the molecule is C=CCNC(=O)C1CC1C(=O)Nc1cc(OC)ccc1OC. The van der Waals surface area contributed by atoms with E-state index in [0.717, 1.165) is 0 Å². The smallest absolute Gasteiger partial charge is 0.228 e. The molecular formula is C16H20N2O4. The fraction of sp³-hybridized carbons (Fsp3) is 0.375. The van der Waals surface area contributed by atoms with Gasteiger partial charge in [-0.05, 0) is 18.6 Å². The van der Waals surface area contributed by atoms with Crippen molar-refractivity contribution in [3.63, 3.8) is 0 Å². The summed E-state index contributed by atoms with van der Waals surface area (Å²) in [6.07, 6.45) is 2.16. The highest BCUT2D eigenvalue weighted by atomic mass is 16.5. The summed E-state index contributed by atoms with van der Waals surface area (Å²) in [4.78, 5) is 24.0. The highest BCUT2D eigenvalue weighted by Crippen LogP contribution is 2.40. The second-order valence-electron chi connectivity index (χ2n) is 5.04. The summed E-state index contributed by atoms with van der Waals surface area (Å²) in [5.74, 6) is 0.287. The maximum Gasteiger partial charge on any atom is 0.228 e. The number of amides is 2. The van der Waals surface area contributed by atoms with Crippen LogP contribution in [0.4, 0.5) is 5.69 Å². The Morgan fingerprint density at radius 2 is 2.00 bits per heavy atom. The zero-order valence-corrected chi connectivity index (χ0v) is 12.7. The first kappa shape index (κ1) is 15.9. The minimum atomic E-state index is -0.305. The van der Waals surface area contributed by atoms with Crippen molar-refractivity contribution in [3.05, 3.63) is 30.9 Å². The summed E-state index contributed by atoms with van der Waals surface area (Å²) >= 11 is 0. The lowest BCUT2D eigenvalue weighted by molar-refractivity contribution is -0.125. The van der Waals surface area contributed by atoms with Crippen molar-refractivity contribution in [3.8, 4) is 11.5 Å². The van der Waals surface area contributed by atoms with Gasteiger partial charge in [0.2, 0.25) is 11.8 Å². The quantitative estimate of drug-likeness (QED) is 0.750. The first-order valence-corrected chi connectivity index (χ1v) is 7.02. The second-order valence-corrected chi connectivity index (χ2v) is 5.04. The van der Waals surface area contributed by atoms with E-state index in [1.165, 1.54) is 7.11 Å². The standard InChI is InChI=1S/C16H20N2O4/c1-4-7-17-15(19)11-9-12(11)16(20)18-13-8-10(21-2)5-6-14(13)22-3/h4-6,8,11-12H,1,7,9H2,2-3H3,(H,17,19)(H,18,20). The predicted molar refractivity (Wildman–Crippen MR) is 83.0 cm³/mol. The van der Waals surface area contributed by atoms with E-state index >= 15 is 0 Å². The summed E-state index contributed by atoms with van der Waals surface area (Å²) in [7, 11) is 3.08. The molecule has 2 unspecified atom stereocenters. The van der Waals surface area contributed by atoms with Gasteiger partial charge < -0.3 is 20.1 Å². The Morgan fingerprint density at radius 1 is 1.27 bits per heavy atom. The second kappa shape index (κ2) is 6.98. The van der Waals surface area contributed by atoms with Gasteiger partial charge in [-0.15, -0.1) is 6.58 Å².